The number of fused-ring (bicyclic) bond motifs is 3. The number of rotatable bonds is 8. The van der Waals surface area contributed by atoms with E-state index in [1.807, 2.05) is 24.3 Å². The number of nitrogens with one attached hydrogen (secondary N) is 1. The summed E-state index contributed by atoms with van der Waals surface area (Å²) in [4.78, 5) is 22.7. The van der Waals surface area contributed by atoms with E-state index >= 15 is 0 Å². The van der Waals surface area contributed by atoms with Gasteiger partial charge in [0.05, 0.1) is 21.3 Å². The Morgan fingerprint density at radius 1 is 0.967 bits per heavy atom. The Morgan fingerprint density at radius 3 is 2.37 bits per heavy atom. The van der Waals surface area contributed by atoms with E-state index < -0.39 is 5.97 Å². The molecule has 0 heterocycles. The van der Waals surface area contributed by atoms with Crippen LogP contribution in [0.2, 0.25) is 0 Å². The van der Waals surface area contributed by atoms with E-state index in [-0.39, 0.29) is 18.7 Å². The molecule has 0 atom stereocenters. The molecule has 1 aliphatic carbocycles. The van der Waals surface area contributed by atoms with Crippen LogP contribution in [0.15, 0.2) is 24.3 Å². The largest absolute Gasteiger partial charge is 0.493 e. The number of benzene rings is 2. The van der Waals surface area contributed by atoms with E-state index in [1.54, 1.807) is 21.3 Å². The van der Waals surface area contributed by atoms with Crippen LogP contribution in [-0.4, -0.2) is 38.3 Å². The molecule has 2 aromatic carbocycles. The van der Waals surface area contributed by atoms with Gasteiger partial charge in [0.2, 0.25) is 11.7 Å². The highest BCUT2D eigenvalue weighted by molar-refractivity contribution is 5.92. The van der Waals surface area contributed by atoms with Gasteiger partial charge >= 0.3 is 5.97 Å². The molecule has 0 fully saturated rings. The highest BCUT2D eigenvalue weighted by Crippen LogP contribution is 2.49. The summed E-state index contributed by atoms with van der Waals surface area (Å²) in [6.45, 7) is 0. The Balaban J connectivity index is 1.94. The fourth-order valence-corrected chi connectivity index (χ4v) is 3.91. The molecule has 0 aromatic heterocycles. The maximum Gasteiger partial charge on any atom is 0.303 e. The van der Waals surface area contributed by atoms with Crippen molar-refractivity contribution < 1.29 is 28.9 Å². The minimum absolute atomic E-state index is 0.0144. The number of carbonyl (C=O) groups excluding carboxylic acids is 1. The van der Waals surface area contributed by atoms with E-state index in [1.165, 1.54) is 0 Å². The molecule has 1 amide bonds. The van der Waals surface area contributed by atoms with Gasteiger partial charge in [-0.05, 0) is 60.6 Å². The standard InChI is InChI=1S/C23H27NO6/c1-28-18-13-15-7-4-6-14-12-16(24-19(25)8-5-9-20(26)27)10-11-17(14)21(15)23(30-3)22(18)29-2/h10-13H,4-9H2,1-3H3,(H,24,25)(H,26,27). The van der Waals surface area contributed by atoms with Crippen molar-refractivity contribution in [2.24, 2.45) is 0 Å². The molecule has 2 N–H and O–H groups in total. The van der Waals surface area contributed by atoms with Gasteiger partial charge in [-0.3, -0.25) is 9.59 Å². The number of aliphatic carboxylic acids is 1. The summed E-state index contributed by atoms with van der Waals surface area (Å²) in [6.07, 6.45) is 3.17. The normalized spacial score (nSPS) is 12.2. The third-order valence-electron chi connectivity index (χ3n) is 5.26. The summed E-state index contributed by atoms with van der Waals surface area (Å²) in [5.41, 5.74) is 4.99. The van der Waals surface area contributed by atoms with Gasteiger partial charge in [0.15, 0.2) is 11.5 Å². The molecule has 0 unspecified atom stereocenters. The third kappa shape index (κ3) is 4.50. The zero-order chi connectivity index (χ0) is 21.7. The minimum Gasteiger partial charge on any atom is -0.493 e. The molecule has 1 aliphatic rings. The minimum atomic E-state index is -0.896. The summed E-state index contributed by atoms with van der Waals surface area (Å²) < 4.78 is 16.8. The molecule has 2 aromatic rings. The average Bonchev–Trinajstić information content (AvgIpc) is 2.90. The van der Waals surface area contributed by atoms with E-state index in [9.17, 15) is 9.59 Å². The number of carboxylic acid groups (broad SMARTS) is 1. The number of anilines is 1. The average molecular weight is 413 g/mol. The van der Waals surface area contributed by atoms with Crippen molar-refractivity contribution in [1.29, 1.82) is 0 Å². The molecular formula is C23H27NO6. The highest BCUT2D eigenvalue weighted by Gasteiger charge is 2.25. The van der Waals surface area contributed by atoms with Crippen LogP contribution in [0, 0.1) is 0 Å². The molecule has 0 saturated heterocycles. The van der Waals surface area contributed by atoms with Crippen LogP contribution in [-0.2, 0) is 22.4 Å². The lowest BCUT2D eigenvalue weighted by Crippen LogP contribution is -2.12. The first-order valence-corrected chi connectivity index (χ1v) is 9.95. The Labute approximate surface area is 176 Å². The summed E-state index contributed by atoms with van der Waals surface area (Å²) in [5.74, 6) is 0.756. The van der Waals surface area contributed by atoms with Gasteiger partial charge in [-0.1, -0.05) is 6.07 Å². The fourth-order valence-electron chi connectivity index (χ4n) is 3.91. The highest BCUT2D eigenvalue weighted by atomic mass is 16.5. The lowest BCUT2D eigenvalue weighted by Gasteiger charge is -2.20. The van der Waals surface area contributed by atoms with Crippen molar-refractivity contribution >= 4 is 17.6 Å². The quantitative estimate of drug-likeness (QED) is 0.678. The van der Waals surface area contributed by atoms with Crippen molar-refractivity contribution in [3.8, 4) is 28.4 Å². The van der Waals surface area contributed by atoms with E-state index in [2.05, 4.69) is 5.32 Å². The number of carboxylic acids is 1. The van der Waals surface area contributed by atoms with Crippen molar-refractivity contribution in [2.75, 3.05) is 26.6 Å². The fraction of sp³-hybridized carbons (Fsp3) is 0.391. The lowest BCUT2D eigenvalue weighted by atomic mass is 9.94. The van der Waals surface area contributed by atoms with Gasteiger partial charge in [0.25, 0.3) is 0 Å². The summed E-state index contributed by atoms with van der Waals surface area (Å²) in [5, 5.41) is 11.6. The number of carbonyl (C=O) groups is 2. The molecule has 160 valence electrons. The molecule has 0 spiro atoms. The number of aryl methyl sites for hydroxylation is 2. The molecule has 0 aliphatic heterocycles. The molecule has 0 bridgehead atoms. The van der Waals surface area contributed by atoms with Crippen molar-refractivity contribution in [1.82, 2.24) is 0 Å². The SMILES string of the molecule is COc1cc2c(c(OC)c1OC)-c1ccc(NC(=O)CCCC(=O)O)cc1CCC2. The maximum absolute atomic E-state index is 12.1. The summed E-state index contributed by atoms with van der Waals surface area (Å²) in [6, 6.07) is 7.83. The van der Waals surface area contributed by atoms with Crippen LogP contribution in [0.25, 0.3) is 11.1 Å². The van der Waals surface area contributed by atoms with Crippen LogP contribution >= 0.6 is 0 Å². The van der Waals surface area contributed by atoms with Gasteiger partial charge in [0.1, 0.15) is 0 Å². The lowest BCUT2D eigenvalue weighted by molar-refractivity contribution is -0.137. The zero-order valence-electron chi connectivity index (χ0n) is 17.5. The van der Waals surface area contributed by atoms with Gasteiger partial charge in [-0.25, -0.2) is 0 Å². The monoisotopic (exact) mass is 413 g/mol. The predicted molar refractivity (Wildman–Crippen MR) is 114 cm³/mol. The van der Waals surface area contributed by atoms with Gasteiger partial charge in [-0.2, -0.15) is 0 Å². The number of hydrogen-bond donors (Lipinski definition) is 2. The molecule has 7 heteroatoms. The Morgan fingerprint density at radius 2 is 1.70 bits per heavy atom. The Bertz CT molecular complexity index is 953. The first-order chi connectivity index (χ1) is 14.5. The summed E-state index contributed by atoms with van der Waals surface area (Å²) >= 11 is 0. The van der Waals surface area contributed by atoms with Crippen LogP contribution in [0.1, 0.15) is 36.8 Å². The Kier molecular flexibility index (Phi) is 6.82. The number of amides is 1. The van der Waals surface area contributed by atoms with Crippen LogP contribution in [0.5, 0.6) is 17.2 Å². The number of ether oxygens (including phenoxy) is 3. The molecule has 0 saturated carbocycles. The van der Waals surface area contributed by atoms with E-state index in [4.69, 9.17) is 19.3 Å². The first kappa shape index (κ1) is 21.5. The molecule has 30 heavy (non-hydrogen) atoms. The second-order valence-electron chi connectivity index (χ2n) is 7.20. The topological polar surface area (TPSA) is 94.1 Å². The zero-order valence-corrected chi connectivity index (χ0v) is 17.5. The van der Waals surface area contributed by atoms with Crippen LogP contribution in [0.3, 0.4) is 0 Å². The van der Waals surface area contributed by atoms with Crippen LogP contribution in [0.4, 0.5) is 5.69 Å². The van der Waals surface area contributed by atoms with E-state index in [0.29, 0.717) is 29.4 Å². The van der Waals surface area contributed by atoms with Crippen molar-refractivity contribution in [3.05, 3.63) is 35.4 Å². The third-order valence-corrected chi connectivity index (χ3v) is 5.26. The van der Waals surface area contributed by atoms with Crippen molar-refractivity contribution in [3.63, 3.8) is 0 Å². The molecule has 0 radical (unpaired) electrons. The summed E-state index contributed by atoms with van der Waals surface area (Å²) in [7, 11) is 4.82. The van der Waals surface area contributed by atoms with Crippen molar-refractivity contribution in [2.45, 2.75) is 38.5 Å². The van der Waals surface area contributed by atoms with Gasteiger partial charge in [-0.15, -0.1) is 0 Å². The van der Waals surface area contributed by atoms with Gasteiger partial charge < -0.3 is 24.6 Å². The maximum atomic E-state index is 12.1. The number of hydrogen-bond acceptors (Lipinski definition) is 5. The second kappa shape index (κ2) is 9.52. The molecular weight excluding hydrogens is 386 g/mol. The smallest absolute Gasteiger partial charge is 0.303 e. The second-order valence-corrected chi connectivity index (χ2v) is 7.20. The first-order valence-electron chi connectivity index (χ1n) is 9.95. The van der Waals surface area contributed by atoms with Crippen LogP contribution < -0.4 is 19.5 Å². The van der Waals surface area contributed by atoms with E-state index in [0.717, 1.165) is 41.5 Å². The van der Waals surface area contributed by atoms with Gasteiger partial charge in [0, 0.05) is 24.1 Å². The molecule has 3 rings (SSSR count). The predicted octanol–water partition coefficient (Wildman–Crippen LogP) is 4.06. The number of methoxy groups -OCH3 is 3. The molecule has 7 nitrogen and oxygen atoms in total. The Hall–Kier alpha value is -3.22.